The third-order valence-electron chi connectivity index (χ3n) is 8.36. The van der Waals surface area contributed by atoms with Crippen molar-refractivity contribution in [3.63, 3.8) is 0 Å². The van der Waals surface area contributed by atoms with Crippen molar-refractivity contribution in [3.05, 3.63) is 156 Å². The predicted octanol–water partition coefficient (Wildman–Crippen LogP) is 10.5. The van der Waals surface area contributed by atoms with Crippen LogP contribution in [0, 0.1) is 24.5 Å². The Morgan fingerprint density at radius 2 is 1.20 bits per heavy atom. The third-order valence-corrected chi connectivity index (χ3v) is 8.36. The molecule has 0 amide bonds. The zero-order chi connectivity index (χ0) is 29.8. The van der Waals surface area contributed by atoms with Crippen molar-refractivity contribution in [2.45, 2.75) is 0 Å². The van der Waals surface area contributed by atoms with E-state index in [0.29, 0.717) is 16.9 Å². The molecule has 0 atom stereocenters. The van der Waals surface area contributed by atoms with Crippen LogP contribution < -0.4 is 0 Å². The van der Waals surface area contributed by atoms with Crippen molar-refractivity contribution < 1.29 is 0 Å². The molecule has 8 rings (SSSR count). The van der Waals surface area contributed by atoms with Crippen molar-refractivity contribution in [1.82, 2.24) is 9.13 Å². The molecule has 0 aliphatic heterocycles. The molecular formula is C39H21N5. The molecular weight excluding hydrogens is 538 g/mol. The largest absolute Gasteiger partial charge is 0.319 e. The fourth-order valence-electron chi connectivity index (χ4n) is 6.56. The Morgan fingerprint density at radius 1 is 0.545 bits per heavy atom. The van der Waals surface area contributed by atoms with E-state index in [2.05, 4.69) is 79.5 Å². The van der Waals surface area contributed by atoms with Crippen LogP contribution in [-0.4, -0.2) is 9.13 Å². The zero-order valence-electron chi connectivity index (χ0n) is 23.4. The lowest BCUT2D eigenvalue weighted by atomic mass is 9.99. The van der Waals surface area contributed by atoms with Crippen LogP contribution in [0.3, 0.4) is 0 Å². The molecule has 0 aliphatic carbocycles. The van der Waals surface area contributed by atoms with Crippen LogP contribution in [-0.2, 0) is 0 Å². The van der Waals surface area contributed by atoms with E-state index in [-0.39, 0.29) is 0 Å². The highest BCUT2D eigenvalue weighted by Gasteiger charge is 2.22. The van der Waals surface area contributed by atoms with E-state index in [1.165, 1.54) is 0 Å². The van der Waals surface area contributed by atoms with E-state index in [1.807, 2.05) is 72.8 Å². The van der Waals surface area contributed by atoms with Gasteiger partial charge < -0.3 is 9.13 Å². The van der Waals surface area contributed by atoms with Crippen molar-refractivity contribution in [2.75, 3.05) is 0 Å². The Hall–Kier alpha value is -6.61. The Morgan fingerprint density at radius 3 is 1.98 bits per heavy atom. The maximum Gasteiger partial charge on any atom is 0.210 e. The van der Waals surface area contributed by atoms with E-state index in [1.54, 1.807) is 0 Å². The van der Waals surface area contributed by atoms with Crippen LogP contribution in [0.1, 0.15) is 5.56 Å². The van der Waals surface area contributed by atoms with Gasteiger partial charge in [0, 0.05) is 33.0 Å². The smallest absolute Gasteiger partial charge is 0.210 e. The molecule has 5 nitrogen and oxygen atoms in total. The molecule has 0 aliphatic rings. The number of benzene rings is 6. The minimum Gasteiger partial charge on any atom is -0.319 e. The molecule has 202 valence electrons. The number of hydrogen-bond donors (Lipinski definition) is 0. The fraction of sp³-hybridized carbons (Fsp3) is 0. The zero-order valence-corrected chi connectivity index (χ0v) is 23.4. The summed E-state index contributed by atoms with van der Waals surface area (Å²) in [6, 6.07) is 44.5. The second kappa shape index (κ2) is 9.74. The molecule has 5 heteroatoms. The monoisotopic (exact) mass is 559 g/mol. The van der Waals surface area contributed by atoms with Crippen LogP contribution in [0.5, 0.6) is 0 Å². The Labute approximate surface area is 253 Å². The Kier molecular flexibility index (Phi) is 5.56. The molecule has 0 radical (unpaired) electrons. The number of nitriles is 1. The first kappa shape index (κ1) is 25.1. The first-order valence-electron chi connectivity index (χ1n) is 14.2. The second-order valence-electron chi connectivity index (χ2n) is 10.7. The van der Waals surface area contributed by atoms with Gasteiger partial charge in [-0.15, -0.1) is 0 Å². The number of nitrogens with zero attached hydrogens (tertiary/aromatic N) is 5. The SMILES string of the molecule is [C-]#[N+]c1ccc2c(c1)c1cccc(-c3cccc4c5ccccc5n(-c5cccc(C#N)c5)c34)c1n2-c1ccccc1[N+]#[C-]. The van der Waals surface area contributed by atoms with E-state index >= 15 is 0 Å². The van der Waals surface area contributed by atoms with Gasteiger partial charge in [-0.25, -0.2) is 9.69 Å². The lowest BCUT2D eigenvalue weighted by molar-refractivity contribution is 1.17. The fourth-order valence-corrected chi connectivity index (χ4v) is 6.56. The summed E-state index contributed by atoms with van der Waals surface area (Å²) in [6.07, 6.45) is 0. The Bertz CT molecular complexity index is 2600. The lowest BCUT2D eigenvalue weighted by Gasteiger charge is -2.15. The summed E-state index contributed by atoms with van der Waals surface area (Å²) >= 11 is 0. The Balaban J connectivity index is 1.58. The van der Waals surface area contributed by atoms with E-state index < -0.39 is 0 Å². The predicted molar refractivity (Wildman–Crippen MR) is 178 cm³/mol. The summed E-state index contributed by atoms with van der Waals surface area (Å²) in [4.78, 5) is 7.59. The molecule has 0 saturated heterocycles. The molecule has 2 heterocycles. The second-order valence-corrected chi connectivity index (χ2v) is 10.7. The molecule has 0 saturated carbocycles. The van der Waals surface area contributed by atoms with Gasteiger partial charge in [-0.2, -0.15) is 5.26 Å². The molecule has 44 heavy (non-hydrogen) atoms. The van der Waals surface area contributed by atoms with Crippen molar-refractivity contribution in [1.29, 1.82) is 5.26 Å². The third kappa shape index (κ3) is 3.56. The molecule has 0 spiro atoms. The highest BCUT2D eigenvalue weighted by Crippen LogP contribution is 2.44. The first-order chi connectivity index (χ1) is 21.7. The van der Waals surface area contributed by atoms with Gasteiger partial charge in [-0.1, -0.05) is 84.9 Å². The summed E-state index contributed by atoms with van der Waals surface area (Å²) in [5.74, 6) is 0. The minimum absolute atomic E-state index is 0.552. The van der Waals surface area contributed by atoms with Gasteiger partial charge in [0.2, 0.25) is 5.69 Å². The number of rotatable bonds is 3. The summed E-state index contributed by atoms with van der Waals surface area (Å²) in [5.41, 5.74) is 9.45. The topological polar surface area (TPSA) is 42.4 Å². The van der Waals surface area contributed by atoms with Crippen LogP contribution in [0.15, 0.2) is 127 Å². The van der Waals surface area contributed by atoms with E-state index in [4.69, 9.17) is 13.1 Å². The molecule has 0 bridgehead atoms. The highest BCUT2D eigenvalue weighted by molar-refractivity contribution is 6.19. The molecule has 8 aromatic rings. The van der Waals surface area contributed by atoms with Crippen LogP contribution >= 0.6 is 0 Å². The molecule has 0 N–H and O–H groups in total. The maximum absolute atomic E-state index is 9.72. The van der Waals surface area contributed by atoms with Crippen LogP contribution in [0.25, 0.3) is 75.8 Å². The van der Waals surface area contributed by atoms with Crippen LogP contribution in [0.4, 0.5) is 11.4 Å². The van der Waals surface area contributed by atoms with E-state index in [9.17, 15) is 5.26 Å². The van der Waals surface area contributed by atoms with Gasteiger partial charge in [0.25, 0.3) is 0 Å². The molecule has 0 fully saturated rings. The van der Waals surface area contributed by atoms with Gasteiger partial charge in [0.1, 0.15) is 0 Å². The summed E-state index contributed by atoms with van der Waals surface area (Å²) in [6.45, 7) is 15.6. The van der Waals surface area contributed by atoms with Gasteiger partial charge in [-0.3, -0.25) is 0 Å². The van der Waals surface area contributed by atoms with Gasteiger partial charge >= 0.3 is 0 Å². The quantitative estimate of drug-likeness (QED) is 0.199. The van der Waals surface area contributed by atoms with Crippen molar-refractivity contribution in [2.24, 2.45) is 0 Å². The average molecular weight is 560 g/mol. The maximum atomic E-state index is 9.72. The van der Waals surface area contributed by atoms with Gasteiger partial charge in [-0.05, 0) is 47.9 Å². The average Bonchev–Trinajstić information content (AvgIpc) is 3.61. The van der Waals surface area contributed by atoms with Crippen LogP contribution in [0.2, 0.25) is 0 Å². The number of para-hydroxylation sites is 5. The van der Waals surface area contributed by atoms with Gasteiger partial charge in [0.05, 0.1) is 52.5 Å². The van der Waals surface area contributed by atoms with Gasteiger partial charge in [0.15, 0.2) is 5.69 Å². The minimum atomic E-state index is 0.552. The molecule has 0 unspecified atom stereocenters. The summed E-state index contributed by atoms with van der Waals surface area (Å²) in [7, 11) is 0. The van der Waals surface area contributed by atoms with E-state index in [0.717, 1.165) is 66.1 Å². The standard InChI is InChI=1S/C39H21N5/c1-41-26-20-21-36-33(23-26)32-16-9-15-31(39(32)44(36)37-19-6-4-17-34(37)42-2)30-14-8-13-29-28-12-3-5-18-35(28)43(38(29)30)27-11-7-10-25(22-27)24-40/h3-23H. The first-order valence-corrected chi connectivity index (χ1v) is 14.2. The van der Waals surface area contributed by atoms with Crippen molar-refractivity contribution >= 4 is 55.0 Å². The number of aromatic nitrogens is 2. The summed E-state index contributed by atoms with van der Waals surface area (Å²) < 4.78 is 4.42. The summed E-state index contributed by atoms with van der Waals surface area (Å²) in [5, 5.41) is 13.9. The lowest BCUT2D eigenvalue weighted by Crippen LogP contribution is -1.98. The highest BCUT2D eigenvalue weighted by atomic mass is 15.0. The number of hydrogen-bond acceptors (Lipinski definition) is 1. The van der Waals surface area contributed by atoms with Crippen molar-refractivity contribution in [3.8, 4) is 28.6 Å². The normalized spacial score (nSPS) is 11.1. The molecule has 6 aromatic carbocycles. The number of fused-ring (bicyclic) bond motifs is 6. The molecule has 2 aromatic heterocycles.